The lowest BCUT2D eigenvalue weighted by Crippen LogP contribution is -2.53. The van der Waals surface area contributed by atoms with Crippen LogP contribution in [-0.2, 0) is 19.1 Å². The molecule has 1 heterocycles. The number of likely N-dealkylation sites (tertiary alicyclic amines) is 1. The van der Waals surface area contributed by atoms with Crippen molar-refractivity contribution in [2.75, 3.05) is 33.9 Å². The van der Waals surface area contributed by atoms with Crippen molar-refractivity contribution in [1.29, 1.82) is 0 Å². The van der Waals surface area contributed by atoms with E-state index >= 15 is 0 Å². The van der Waals surface area contributed by atoms with Crippen LogP contribution in [0.4, 0.5) is 0 Å². The first-order valence-corrected chi connectivity index (χ1v) is 6.35. The third-order valence-electron chi connectivity index (χ3n) is 3.01. The predicted octanol–water partition coefficient (Wildman–Crippen LogP) is -1.12. The van der Waals surface area contributed by atoms with Gasteiger partial charge in [-0.2, -0.15) is 0 Å². The molecule has 1 atom stereocenters. The summed E-state index contributed by atoms with van der Waals surface area (Å²) in [6.07, 6.45) is 1.52. The fraction of sp³-hybridized carbons (Fsp3) is 0.750. The third-order valence-corrected chi connectivity index (χ3v) is 3.01. The van der Waals surface area contributed by atoms with Crippen LogP contribution in [0.3, 0.4) is 0 Å². The summed E-state index contributed by atoms with van der Waals surface area (Å²) in [4.78, 5) is 35.6. The average molecular weight is 271 g/mol. The molecule has 0 aromatic rings. The van der Waals surface area contributed by atoms with Crippen molar-refractivity contribution < 1.29 is 19.1 Å². The Balaban J connectivity index is 2.23. The molecule has 0 aromatic carbocycles. The fourth-order valence-electron chi connectivity index (χ4n) is 1.83. The molecule has 2 N–H and O–H groups in total. The minimum absolute atomic E-state index is 0.0748. The largest absolute Gasteiger partial charge is 0.385 e. The number of likely N-dealkylation sites (N-methyl/N-ethyl adjacent to an activating group) is 1. The molecule has 0 radical (unpaired) electrons. The molecule has 0 spiro atoms. The molecule has 7 nitrogen and oxygen atoms in total. The molecule has 1 fully saturated rings. The van der Waals surface area contributed by atoms with Gasteiger partial charge in [-0.15, -0.1) is 0 Å². The van der Waals surface area contributed by atoms with E-state index in [0.29, 0.717) is 26.0 Å². The van der Waals surface area contributed by atoms with Crippen LogP contribution in [0.15, 0.2) is 0 Å². The van der Waals surface area contributed by atoms with Crippen molar-refractivity contribution >= 4 is 17.7 Å². The monoisotopic (exact) mass is 271 g/mol. The lowest BCUT2D eigenvalue weighted by molar-refractivity contribution is -0.148. The summed E-state index contributed by atoms with van der Waals surface area (Å²) < 4.78 is 4.87. The van der Waals surface area contributed by atoms with Crippen LogP contribution >= 0.6 is 0 Å². The van der Waals surface area contributed by atoms with E-state index < -0.39 is 6.04 Å². The maximum atomic E-state index is 11.7. The maximum absolute atomic E-state index is 11.7. The standard InChI is InChI=1S/C12H21N3O4/c1-15-11(17)5-4-9(12(15)18)14-8-10(16)13-6-3-7-19-2/h9,14H,3-8H2,1-2H3,(H,13,16). The predicted molar refractivity (Wildman–Crippen MR) is 68.3 cm³/mol. The van der Waals surface area contributed by atoms with E-state index in [-0.39, 0.29) is 24.3 Å². The number of ether oxygens (including phenoxy) is 1. The molecule has 7 heteroatoms. The zero-order valence-corrected chi connectivity index (χ0v) is 11.4. The van der Waals surface area contributed by atoms with Crippen LogP contribution in [0.2, 0.25) is 0 Å². The highest BCUT2D eigenvalue weighted by atomic mass is 16.5. The molecule has 1 aliphatic rings. The van der Waals surface area contributed by atoms with E-state index in [1.807, 2.05) is 0 Å². The van der Waals surface area contributed by atoms with Crippen LogP contribution in [0.1, 0.15) is 19.3 Å². The van der Waals surface area contributed by atoms with Crippen LogP contribution in [-0.4, -0.2) is 62.5 Å². The number of hydrogen-bond donors (Lipinski definition) is 2. The maximum Gasteiger partial charge on any atom is 0.246 e. The lowest BCUT2D eigenvalue weighted by atomic mass is 10.0. The summed E-state index contributed by atoms with van der Waals surface area (Å²) in [5.41, 5.74) is 0. The summed E-state index contributed by atoms with van der Waals surface area (Å²) in [6.45, 7) is 1.22. The first-order valence-electron chi connectivity index (χ1n) is 6.35. The molecule has 108 valence electrons. The quantitative estimate of drug-likeness (QED) is 0.452. The molecule has 19 heavy (non-hydrogen) atoms. The van der Waals surface area contributed by atoms with Gasteiger partial charge in [-0.25, -0.2) is 0 Å². The molecule has 1 rings (SSSR count). The molecule has 1 unspecified atom stereocenters. The summed E-state index contributed by atoms with van der Waals surface area (Å²) in [5, 5.41) is 5.59. The van der Waals surface area contributed by atoms with Crippen molar-refractivity contribution in [3.63, 3.8) is 0 Å². The Bertz CT molecular complexity index is 346. The summed E-state index contributed by atoms with van der Waals surface area (Å²) in [5.74, 6) is -0.612. The summed E-state index contributed by atoms with van der Waals surface area (Å²) in [7, 11) is 3.07. The van der Waals surface area contributed by atoms with E-state index in [9.17, 15) is 14.4 Å². The number of imide groups is 1. The van der Waals surface area contributed by atoms with E-state index in [4.69, 9.17) is 4.74 Å². The van der Waals surface area contributed by atoms with Crippen molar-refractivity contribution in [2.45, 2.75) is 25.3 Å². The molecule has 0 bridgehead atoms. The molecule has 0 aliphatic carbocycles. The van der Waals surface area contributed by atoms with Gasteiger partial charge < -0.3 is 10.1 Å². The highest BCUT2D eigenvalue weighted by molar-refractivity contribution is 6.00. The number of carbonyl (C=O) groups excluding carboxylic acids is 3. The summed E-state index contributed by atoms with van der Waals surface area (Å²) >= 11 is 0. The second-order valence-electron chi connectivity index (χ2n) is 4.46. The van der Waals surface area contributed by atoms with Crippen molar-refractivity contribution in [3.05, 3.63) is 0 Å². The van der Waals surface area contributed by atoms with E-state index in [0.717, 1.165) is 11.3 Å². The highest BCUT2D eigenvalue weighted by Crippen LogP contribution is 2.10. The summed E-state index contributed by atoms with van der Waals surface area (Å²) in [6, 6.07) is -0.451. The van der Waals surface area contributed by atoms with Gasteiger partial charge in [0, 0.05) is 33.7 Å². The molecular formula is C12H21N3O4. The Labute approximate surface area is 112 Å². The number of nitrogens with one attached hydrogen (secondary N) is 2. The van der Waals surface area contributed by atoms with Gasteiger partial charge >= 0.3 is 0 Å². The second-order valence-corrected chi connectivity index (χ2v) is 4.46. The number of nitrogens with zero attached hydrogens (tertiary/aromatic N) is 1. The lowest BCUT2D eigenvalue weighted by Gasteiger charge is -2.28. The number of rotatable bonds is 7. The molecular weight excluding hydrogens is 250 g/mol. The number of hydrogen-bond acceptors (Lipinski definition) is 5. The Morgan fingerprint density at radius 1 is 1.47 bits per heavy atom. The fourth-order valence-corrected chi connectivity index (χ4v) is 1.83. The second kappa shape index (κ2) is 7.85. The van der Waals surface area contributed by atoms with Gasteiger partial charge in [0.05, 0.1) is 12.6 Å². The number of amides is 3. The molecule has 3 amide bonds. The first-order chi connectivity index (χ1) is 9.06. The van der Waals surface area contributed by atoms with Crippen molar-refractivity contribution in [3.8, 4) is 0 Å². The Hall–Kier alpha value is -1.47. The van der Waals surface area contributed by atoms with E-state index in [1.165, 1.54) is 7.05 Å². The van der Waals surface area contributed by atoms with Gasteiger partial charge in [0.15, 0.2) is 0 Å². The van der Waals surface area contributed by atoms with Gasteiger partial charge in [0.2, 0.25) is 17.7 Å². The zero-order chi connectivity index (χ0) is 14.3. The molecule has 0 aromatic heterocycles. The zero-order valence-electron chi connectivity index (χ0n) is 11.4. The normalized spacial score (nSPS) is 19.7. The number of carbonyl (C=O) groups is 3. The first kappa shape index (κ1) is 15.6. The molecule has 1 aliphatic heterocycles. The van der Waals surface area contributed by atoms with Crippen LogP contribution in [0.5, 0.6) is 0 Å². The number of piperidine rings is 1. The van der Waals surface area contributed by atoms with Gasteiger partial charge in [-0.05, 0) is 12.8 Å². The molecule has 1 saturated heterocycles. The Morgan fingerprint density at radius 2 is 2.21 bits per heavy atom. The van der Waals surface area contributed by atoms with Gasteiger partial charge in [0.25, 0.3) is 0 Å². The minimum atomic E-state index is -0.451. The van der Waals surface area contributed by atoms with Crippen LogP contribution in [0, 0.1) is 0 Å². The highest BCUT2D eigenvalue weighted by Gasteiger charge is 2.31. The minimum Gasteiger partial charge on any atom is -0.385 e. The SMILES string of the molecule is COCCCNC(=O)CNC1CCC(=O)N(C)C1=O. The van der Waals surface area contributed by atoms with E-state index in [1.54, 1.807) is 7.11 Å². The van der Waals surface area contributed by atoms with Crippen molar-refractivity contribution in [2.24, 2.45) is 0 Å². The van der Waals surface area contributed by atoms with Gasteiger partial charge in [0.1, 0.15) is 0 Å². The van der Waals surface area contributed by atoms with Gasteiger partial charge in [-0.1, -0.05) is 0 Å². The van der Waals surface area contributed by atoms with Crippen molar-refractivity contribution in [1.82, 2.24) is 15.5 Å². The van der Waals surface area contributed by atoms with E-state index in [2.05, 4.69) is 10.6 Å². The van der Waals surface area contributed by atoms with Gasteiger partial charge in [-0.3, -0.25) is 24.6 Å². The average Bonchev–Trinajstić information content (AvgIpc) is 2.40. The topological polar surface area (TPSA) is 87.7 Å². The van der Waals surface area contributed by atoms with Crippen LogP contribution < -0.4 is 10.6 Å². The number of methoxy groups -OCH3 is 1. The third kappa shape index (κ3) is 4.96. The molecule has 0 saturated carbocycles. The Morgan fingerprint density at radius 3 is 2.89 bits per heavy atom. The smallest absolute Gasteiger partial charge is 0.246 e. The van der Waals surface area contributed by atoms with Crippen LogP contribution in [0.25, 0.3) is 0 Å². The Kier molecular flexibility index (Phi) is 6.44.